The van der Waals surface area contributed by atoms with Crippen molar-refractivity contribution in [3.8, 4) is 0 Å². The van der Waals surface area contributed by atoms with Crippen molar-refractivity contribution in [3.63, 3.8) is 0 Å². The Morgan fingerprint density at radius 2 is 2.11 bits per heavy atom. The minimum atomic E-state index is -3.57. The zero-order valence-corrected chi connectivity index (χ0v) is 13.5. The van der Waals surface area contributed by atoms with Crippen LogP contribution in [0.15, 0.2) is 33.6 Å². The van der Waals surface area contributed by atoms with Crippen molar-refractivity contribution in [3.05, 3.63) is 28.7 Å². The number of nitrogens with one attached hydrogen (secondary N) is 1. The van der Waals surface area contributed by atoms with E-state index in [2.05, 4.69) is 21.2 Å². The largest absolute Gasteiger partial charge is 0.359 e. The van der Waals surface area contributed by atoms with E-state index in [9.17, 15) is 13.2 Å². The van der Waals surface area contributed by atoms with Crippen molar-refractivity contribution < 1.29 is 13.2 Å². The van der Waals surface area contributed by atoms with Crippen LogP contribution in [0.4, 0.5) is 0 Å². The molecule has 0 aliphatic carbocycles. The van der Waals surface area contributed by atoms with Crippen LogP contribution in [-0.4, -0.2) is 39.3 Å². The van der Waals surface area contributed by atoms with Gasteiger partial charge in [-0.1, -0.05) is 28.9 Å². The van der Waals surface area contributed by atoms with Crippen LogP contribution in [0, 0.1) is 5.92 Å². The van der Waals surface area contributed by atoms with E-state index >= 15 is 0 Å². The number of nitrogens with zero attached hydrogens (tertiary/aromatic N) is 1. The molecule has 1 unspecified atom stereocenters. The molecule has 1 aromatic carbocycles. The van der Waals surface area contributed by atoms with Crippen molar-refractivity contribution in [1.29, 1.82) is 0 Å². The van der Waals surface area contributed by atoms with Gasteiger partial charge in [0.2, 0.25) is 15.9 Å². The molecule has 1 amide bonds. The fraction of sp³-hybridized carbons (Fsp3) is 0.417. The van der Waals surface area contributed by atoms with Crippen LogP contribution in [0.1, 0.15) is 6.92 Å². The van der Waals surface area contributed by atoms with E-state index in [4.69, 9.17) is 0 Å². The Morgan fingerprint density at radius 3 is 2.63 bits per heavy atom. The third kappa shape index (κ3) is 4.02. The van der Waals surface area contributed by atoms with Crippen molar-refractivity contribution in [2.24, 2.45) is 5.92 Å². The maximum atomic E-state index is 12.3. The SMILES string of the molecule is CNC(=O)C(C)CN(C)S(=O)(=O)c1cccc(Br)c1. The van der Waals surface area contributed by atoms with Crippen molar-refractivity contribution in [2.45, 2.75) is 11.8 Å². The number of benzene rings is 1. The predicted octanol–water partition coefficient (Wildman–Crippen LogP) is 1.45. The van der Waals surface area contributed by atoms with Gasteiger partial charge in [-0.15, -0.1) is 0 Å². The van der Waals surface area contributed by atoms with Gasteiger partial charge in [0.05, 0.1) is 4.90 Å². The second-order valence-electron chi connectivity index (χ2n) is 4.26. The predicted molar refractivity (Wildman–Crippen MR) is 77.2 cm³/mol. The van der Waals surface area contributed by atoms with Crippen LogP contribution in [0.2, 0.25) is 0 Å². The molecule has 0 fully saturated rings. The molecule has 0 saturated carbocycles. The monoisotopic (exact) mass is 348 g/mol. The molecule has 0 aliphatic rings. The van der Waals surface area contributed by atoms with Crippen LogP contribution in [0.5, 0.6) is 0 Å². The Morgan fingerprint density at radius 1 is 1.47 bits per heavy atom. The van der Waals surface area contributed by atoms with Gasteiger partial charge in [0.15, 0.2) is 0 Å². The lowest BCUT2D eigenvalue weighted by Crippen LogP contribution is -2.37. The number of rotatable bonds is 5. The summed E-state index contributed by atoms with van der Waals surface area (Å²) in [5.41, 5.74) is 0. The molecule has 0 aromatic heterocycles. The van der Waals surface area contributed by atoms with E-state index in [-0.39, 0.29) is 17.3 Å². The van der Waals surface area contributed by atoms with Crippen LogP contribution in [0.3, 0.4) is 0 Å². The van der Waals surface area contributed by atoms with E-state index in [0.29, 0.717) is 4.47 Å². The summed E-state index contributed by atoms with van der Waals surface area (Å²) in [6.45, 7) is 1.82. The first-order valence-electron chi connectivity index (χ1n) is 5.72. The standard InChI is InChI=1S/C12H17BrN2O3S/c1-9(12(16)14-2)8-15(3)19(17,18)11-6-4-5-10(13)7-11/h4-7,9H,8H2,1-3H3,(H,14,16). The van der Waals surface area contributed by atoms with Gasteiger partial charge < -0.3 is 5.32 Å². The molecule has 1 N–H and O–H groups in total. The molecule has 19 heavy (non-hydrogen) atoms. The third-order valence-corrected chi connectivity index (χ3v) is 5.04. The number of hydrogen-bond donors (Lipinski definition) is 1. The molecule has 1 atom stereocenters. The summed E-state index contributed by atoms with van der Waals surface area (Å²) in [5, 5.41) is 2.50. The van der Waals surface area contributed by atoms with Gasteiger partial charge in [0.1, 0.15) is 0 Å². The van der Waals surface area contributed by atoms with Gasteiger partial charge in [0, 0.05) is 31.0 Å². The number of halogens is 1. The maximum absolute atomic E-state index is 12.3. The van der Waals surface area contributed by atoms with E-state index < -0.39 is 15.9 Å². The van der Waals surface area contributed by atoms with E-state index in [1.807, 2.05) is 0 Å². The third-order valence-electron chi connectivity index (χ3n) is 2.73. The highest BCUT2D eigenvalue weighted by Gasteiger charge is 2.24. The van der Waals surface area contributed by atoms with Crippen LogP contribution in [0.25, 0.3) is 0 Å². The molecule has 1 aromatic rings. The molecule has 106 valence electrons. The number of carbonyl (C=O) groups is 1. The molecular weight excluding hydrogens is 332 g/mol. The van der Waals surface area contributed by atoms with Gasteiger partial charge in [-0.3, -0.25) is 4.79 Å². The first kappa shape index (κ1) is 16.1. The summed E-state index contributed by atoms with van der Waals surface area (Å²) in [7, 11) is -0.578. The summed E-state index contributed by atoms with van der Waals surface area (Å²) >= 11 is 3.24. The first-order valence-corrected chi connectivity index (χ1v) is 7.96. The maximum Gasteiger partial charge on any atom is 0.242 e. The van der Waals surface area contributed by atoms with Gasteiger partial charge in [-0.05, 0) is 18.2 Å². The van der Waals surface area contributed by atoms with Crippen molar-refractivity contribution in [1.82, 2.24) is 9.62 Å². The second-order valence-corrected chi connectivity index (χ2v) is 7.22. The average molecular weight is 349 g/mol. The van der Waals surface area contributed by atoms with Crippen LogP contribution >= 0.6 is 15.9 Å². The van der Waals surface area contributed by atoms with Gasteiger partial charge >= 0.3 is 0 Å². The van der Waals surface area contributed by atoms with Gasteiger partial charge in [0.25, 0.3) is 0 Å². The molecule has 0 spiro atoms. The molecule has 5 nitrogen and oxygen atoms in total. The lowest BCUT2D eigenvalue weighted by Gasteiger charge is -2.20. The fourth-order valence-electron chi connectivity index (χ4n) is 1.62. The summed E-state index contributed by atoms with van der Waals surface area (Å²) < 4.78 is 26.5. The van der Waals surface area contributed by atoms with Gasteiger partial charge in [-0.2, -0.15) is 0 Å². The Hall–Kier alpha value is -0.920. The highest BCUT2D eigenvalue weighted by molar-refractivity contribution is 9.10. The summed E-state index contributed by atoms with van der Waals surface area (Å²) in [6, 6.07) is 6.48. The number of carbonyl (C=O) groups excluding carboxylic acids is 1. The van der Waals surface area contributed by atoms with Gasteiger partial charge in [-0.25, -0.2) is 12.7 Å². The molecule has 0 aliphatic heterocycles. The normalized spacial score (nSPS) is 13.3. The molecule has 0 radical (unpaired) electrons. The zero-order valence-electron chi connectivity index (χ0n) is 11.1. The molecule has 0 saturated heterocycles. The average Bonchev–Trinajstić information content (AvgIpc) is 2.37. The number of sulfonamides is 1. The highest BCUT2D eigenvalue weighted by atomic mass is 79.9. The van der Waals surface area contributed by atoms with Crippen LogP contribution in [-0.2, 0) is 14.8 Å². The molecular formula is C12H17BrN2O3S. The van der Waals surface area contributed by atoms with E-state index in [1.54, 1.807) is 19.1 Å². The van der Waals surface area contributed by atoms with E-state index in [1.165, 1.54) is 30.5 Å². The minimum absolute atomic E-state index is 0.133. The Labute approximate surface area is 122 Å². The smallest absolute Gasteiger partial charge is 0.242 e. The molecule has 7 heteroatoms. The first-order chi connectivity index (χ1) is 8.78. The lowest BCUT2D eigenvalue weighted by atomic mass is 10.2. The van der Waals surface area contributed by atoms with Crippen molar-refractivity contribution >= 4 is 31.9 Å². The molecule has 0 heterocycles. The number of hydrogen-bond acceptors (Lipinski definition) is 3. The molecule has 1 rings (SSSR count). The van der Waals surface area contributed by atoms with Crippen LogP contribution < -0.4 is 5.32 Å². The lowest BCUT2D eigenvalue weighted by molar-refractivity contribution is -0.124. The fourth-order valence-corrected chi connectivity index (χ4v) is 3.48. The summed E-state index contributed by atoms with van der Waals surface area (Å²) in [6.07, 6.45) is 0. The Bertz CT molecular complexity index is 560. The Balaban J connectivity index is 2.92. The quantitative estimate of drug-likeness (QED) is 0.875. The topological polar surface area (TPSA) is 66.5 Å². The Kier molecular flexibility index (Phi) is 5.51. The van der Waals surface area contributed by atoms with Crippen molar-refractivity contribution in [2.75, 3.05) is 20.6 Å². The number of amides is 1. The van der Waals surface area contributed by atoms with E-state index in [0.717, 1.165) is 0 Å². The highest BCUT2D eigenvalue weighted by Crippen LogP contribution is 2.19. The summed E-state index contributed by atoms with van der Waals surface area (Å²) in [5.74, 6) is -0.590. The zero-order chi connectivity index (χ0) is 14.6. The minimum Gasteiger partial charge on any atom is -0.359 e. The molecule has 0 bridgehead atoms. The second kappa shape index (κ2) is 6.49. The summed E-state index contributed by atoms with van der Waals surface area (Å²) in [4.78, 5) is 11.6.